The molecule has 0 saturated carbocycles. The zero-order valence-corrected chi connectivity index (χ0v) is 35.7. The number of nitrogens with zero attached hydrogens (tertiary/aromatic N) is 2. The van der Waals surface area contributed by atoms with Crippen molar-refractivity contribution < 1.29 is 35.0 Å². The molecule has 8 aromatic rings. The van der Waals surface area contributed by atoms with E-state index in [1.165, 1.54) is 16.7 Å². The van der Waals surface area contributed by atoms with Gasteiger partial charge in [0.15, 0.2) is 5.58 Å². The second-order valence-corrected chi connectivity index (χ2v) is 16.3. The predicted molar refractivity (Wildman–Crippen MR) is 226 cm³/mol. The van der Waals surface area contributed by atoms with Crippen LogP contribution in [0, 0.1) is 19.9 Å². The van der Waals surface area contributed by atoms with Crippen LogP contribution in [0.4, 0.5) is 0 Å². The number of phenolic OH excluding ortho intramolecular Hbond substituents is 1. The van der Waals surface area contributed by atoms with Gasteiger partial charge in [0.05, 0.1) is 11.1 Å². The Hall–Kier alpha value is -5.25. The Bertz CT molecular complexity index is 2700. The first kappa shape index (κ1) is 39.0. The Balaban J connectivity index is 0.00000480. The largest absolute Gasteiger partial charge is 0.507 e. The second-order valence-electron chi connectivity index (χ2n) is 16.3. The molecule has 0 saturated heterocycles. The van der Waals surface area contributed by atoms with Crippen LogP contribution in [-0.4, -0.2) is 15.1 Å². The molecular formula is C50H47N2O3Pt-. The van der Waals surface area contributed by atoms with Gasteiger partial charge in [0.2, 0.25) is 5.89 Å². The number of oxazole rings is 1. The van der Waals surface area contributed by atoms with E-state index in [1.807, 2.05) is 32.2 Å². The molecule has 0 radical (unpaired) electrons. The van der Waals surface area contributed by atoms with Gasteiger partial charge in [0.1, 0.15) is 17.1 Å². The Morgan fingerprint density at radius 1 is 0.696 bits per heavy atom. The van der Waals surface area contributed by atoms with Crippen molar-refractivity contribution in [2.24, 2.45) is 0 Å². The summed E-state index contributed by atoms with van der Waals surface area (Å²) in [4.78, 5) is 10.2. The van der Waals surface area contributed by atoms with Crippen LogP contribution in [0.3, 0.4) is 0 Å². The molecular weight excluding hydrogens is 872 g/mol. The van der Waals surface area contributed by atoms with E-state index in [-0.39, 0.29) is 44.1 Å². The molecule has 0 aliphatic carbocycles. The van der Waals surface area contributed by atoms with Crippen LogP contribution in [0.25, 0.3) is 78.2 Å². The predicted octanol–water partition coefficient (Wildman–Crippen LogP) is 14.0. The molecule has 0 amide bonds. The van der Waals surface area contributed by atoms with Crippen molar-refractivity contribution in [3.63, 3.8) is 0 Å². The summed E-state index contributed by atoms with van der Waals surface area (Å²) < 4.78 is 13.1. The third-order valence-corrected chi connectivity index (χ3v) is 10.9. The van der Waals surface area contributed by atoms with Crippen LogP contribution in [0.1, 0.15) is 88.3 Å². The number of hydrogen-bond donors (Lipinski definition) is 1. The van der Waals surface area contributed by atoms with Gasteiger partial charge in [-0.25, -0.2) is 4.98 Å². The van der Waals surface area contributed by atoms with Crippen molar-refractivity contribution in [3.8, 4) is 61.8 Å². The molecule has 56 heavy (non-hydrogen) atoms. The fourth-order valence-corrected chi connectivity index (χ4v) is 7.73. The molecule has 6 heteroatoms. The first-order valence-electron chi connectivity index (χ1n) is 19.2. The molecule has 8 rings (SSSR count). The van der Waals surface area contributed by atoms with E-state index in [9.17, 15) is 5.11 Å². The van der Waals surface area contributed by atoms with Crippen LogP contribution in [0.2, 0.25) is 0 Å². The van der Waals surface area contributed by atoms with E-state index in [2.05, 4.69) is 127 Å². The van der Waals surface area contributed by atoms with Gasteiger partial charge in [-0.15, -0.1) is 29.3 Å². The number of phenols is 1. The maximum absolute atomic E-state index is 11.5. The number of aryl methyl sites for hydroxylation is 2. The number of furan rings is 1. The SMILES string of the molecule is Cc1oc2ccc(O)c(-c3nc4c(-c5[c-]c(-c6cc(-c7ccccc7)ccn6)cc(C(C)(C)C)c5)ccc(-c5c(C(C)C)cccc5C(C)C)c4o3)c2c1C.[Pt]. The quantitative estimate of drug-likeness (QED) is 0.161. The molecule has 286 valence electrons. The van der Waals surface area contributed by atoms with Crippen LogP contribution in [-0.2, 0) is 26.5 Å². The molecule has 0 bridgehead atoms. The van der Waals surface area contributed by atoms with E-state index >= 15 is 0 Å². The summed E-state index contributed by atoms with van der Waals surface area (Å²) in [6.45, 7) is 19.6. The summed E-state index contributed by atoms with van der Waals surface area (Å²) in [6, 6.07) is 37.2. The molecule has 0 atom stereocenters. The second kappa shape index (κ2) is 15.0. The van der Waals surface area contributed by atoms with Crippen molar-refractivity contribution in [1.29, 1.82) is 0 Å². The number of benzene rings is 5. The molecule has 1 N–H and O–H groups in total. The maximum atomic E-state index is 11.5. The Morgan fingerprint density at radius 2 is 1.38 bits per heavy atom. The minimum atomic E-state index is -0.163. The van der Waals surface area contributed by atoms with Crippen LogP contribution in [0.15, 0.2) is 112 Å². The smallest absolute Gasteiger partial charge is 0.231 e. The summed E-state index contributed by atoms with van der Waals surface area (Å²) in [5.74, 6) is 1.77. The van der Waals surface area contributed by atoms with Gasteiger partial charge >= 0.3 is 0 Å². The average molecular weight is 919 g/mol. The number of aromatic nitrogens is 2. The first-order chi connectivity index (χ1) is 26.3. The van der Waals surface area contributed by atoms with Gasteiger partial charge in [0, 0.05) is 43.9 Å². The van der Waals surface area contributed by atoms with Crippen molar-refractivity contribution in [2.45, 2.75) is 79.6 Å². The number of aromatic hydroxyl groups is 1. The summed E-state index contributed by atoms with van der Waals surface area (Å²) >= 11 is 0. The van der Waals surface area contributed by atoms with Crippen molar-refractivity contribution in [2.75, 3.05) is 0 Å². The Kier molecular flexibility index (Phi) is 10.5. The Morgan fingerprint density at radius 3 is 2.05 bits per heavy atom. The third kappa shape index (κ3) is 6.92. The maximum Gasteiger partial charge on any atom is 0.231 e. The number of rotatable bonds is 7. The molecule has 0 fully saturated rings. The monoisotopic (exact) mass is 918 g/mol. The summed E-state index contributed by atoms with van der Waals surface area (Å²) in [5.41, 5.74) is 14.9. The van der Waals surface area contributed by atoms with E-state index in [4.69, 9.17) is 18.8 Å². The van der Waals surface area contributed by atoms with Crippen LogP contribution >= 0.6 is 0 Å². The molecule has 3 aromatic heterocycles. The third-order valence-electron chi connectivity index (χ3n) is 10.9. The normalized spacial score (nSPS) is 11.9. The van der Waals surface area contributed by atoms with Crippen LogP contribution in [0.5, 0.6) is 5.75 Å². The van der Waals surface area contributed by atoms with Gasteiger partial charge in [-0.3, -0.25) is 4.98 Å². The fraction of sp³-hybridized carbons (Fsp3) is 0.240. The number of hydrogen-bond acceptors (Lipinski definition) is 5. The minimum Gasteiger partial charge on any atom is -0.507 e. The molecule has 0 spiro atoms. The summed E-state index contributed by atoms with van der Waals surface area (Å²) in [5, 5.41) is 12.3. The van der Waals surface area contributed by atoms with E-state index in [0.717, 1.165) is 61.3 Å². The van der Waals surface area contributed by atoms with E-state index in [1.54, 1.807) is 12.1 Å². The average Bonchev–Trinajstić information content (AvgIpc) is 3.74. The molecule has 5 aromatic carbocycles. The van der Waals surface area contributed by atoms with Crippen LogP contribution < -0.4 is 0 Å². The zero-order chi connectivity index (χ0) is 38.8. The number of fused-ring (bicyclic) bond motifs is 2. The van der Waals surface area contributed by atoms with Gasteiger partial charge in [-0.05, 0) is 82.7 Å². The molecule has 5 nitrogen and oxygen atoms in total. The van der Waals surface area contributed by atoms with E-state index < -0.39 is 0 Å². The van der Waals surface area contributed by atoms with Crippen molar-refractivity contribution in [3.05, 3.63) is 137 Å². The zero-order valence-electron chi connectivity index (χ0n) is 33.4. The minimum absolute atomic E-state index is 0. The van der Waals surface area contributed by atoms with Gasteiger partial charge in [-0.1, -0.05) is 126 Å². The summed E-state index contributed by atoms with van der Waals surface area (Å²) in [6.07, 6.45) is 1.87. The standard InChI is InChI=1S/C50H47N2O3.Pt/c1-28(2)37-16-13-17-38(29(3)4)45(37)40-19-18-39(47-48(40)55-49(52-47)46-42(53)20-21-43-44(46)30(5)31(6)54-43)34-24-35(26-36(25-34)50(7,8)9)41-27-33(22-23-51-41)32-14-11-10-12-15-32;/h10-23,25-29,53H,1-9H3;/q-1;. The summed E-state index contributed by atoms with van der Waals surface area (Å²) in [7, 11) is 0. The molecule has 0 aliphatic heterocycles. The molecule has 0 unspecified atom stereocenters. The fourth-order valence-electron chi connectivity index (χ4n) is 7.73. The number of pyridine rings is 1. The topological polar surface area (TPSA) is 72.3 Å². The van der Waals surface area contributed by atoms with Crippen molar-refractivity contribution in [1.82, 2.24) is 9.97 Å². The Labute approximate surface area is 344 Å². The van der Waals surface area contributed by atoms with Gasteiger partial charge in [-0.2, -0.15) is 0 Å². The van der Waals surface area contributed by atoms with Gasteiger partial charge in [0.25, 0.3) is 0 Å². The van der Waals surface area contributed by atoms with E-state index in [0.29, 0.717) is 28.1 Å². The molecule has 3 heterocycles. The van der Waals surface area contributed by atoms with Gasteiger partial charge < -0.3 is 13.9 Å². The first-order valence-corrected chi connectivity index (χ1v) is 19.2. The molecule has 0 aliphatic rings. The van der Waals surface area contributed by atoms with Crippen molar-refractivity contribution >= 4 is 22.1 Å².